The second-order valence-corrected chi connectivity index (χ2v) is 7.63. The lowest BCUT2D eigenvalue weighted by molar-refractivity contribution is -0.858. The monoisotopic (exact) mass is 266 g/mol. The standard InChI is InChI=1S/C16H27NO2/c1-17(2)5-6-19-15(18)16-9-12-3-4-13(10-16)8-14(7-12)11-16/h12-14H,3-11H2,1-2H3/p+1/t12-,13+,14?,16?. The van der Waals surface area contributed by atoms with Crippen LogP contribution in [0.25, 0.3) is 0 Å². The molecule has 4 bridgehead atoms. The Morgan fingerprint density at radius 2 is 1.68 bits per heavy atom. The normalized spacial score (nSPS) is 40.5. The van der Waals surface area contributed by atoms with Gasteiger partial charge in [0.2, 0.25) is 0 Å². The number of nitrogens with one attached hydrogen (secondary N) is 1. The molecule has 0 spiro atoms. The van der Waals surface area contributed by atoms with Crippen molar-refractivity contribution in [3.05, 3.63) is 0 Å². The molecule has 4 aliphatic rings. The van der Waals surface area contributed by atoms with E-state index in [1.54, 1.807) is 0 Å². The molecular formula is C16H28NO2+. The Hall–Kier alpha value is -0.570. The van der Waals surface area contributed by atoms with Crippen LogP contribution in [0.3, 0.4) is 0 Å². The van der Waals surface area contributed by atoms with Crippen LogP contribution in [0.2, 0.25) is 0 Å². The number of hydrogen-bond acceptors (Lipinski definition) is 2. The Labute approximate surface area is 116 Å². The van der Waals surface area contributed by atoms with Gasteiger partial charge in [-0.1, -0.05) is 12.8 Å². The van der Waals surface area contributed by atoms with Crippen LogP contribution in [-0.4, -0.2) is 33.2 Å². The van der Waals surface area contributed by atoms with Gasteiger partial charge in [-0.15, -0.1) is 0 Å². The topological polar surface area (TPSA) is 30.7 Å². The first-order valence-corrected chi connectivity index (χ1v) is 8.04. The summed E-state index contributed by atoms with van der Waals surface area (Å²) in [5.41, 5.74) is -0.0886. The van der Waals surface area contributed by atoms with Gasteiger partial charge >= 0.3 is 5.97 Å². The summed E-state index contributed by atoms with van der Waals surface area (Å²) in [6.45, 7) is 1.50. The molecule has 1 N–H and O–H groups in total. The van der Waals surface area contributed by atoms with Gasteiger partial charge in [-0.3, -0.25) is 4.79 Å². The average molecular weight is 266 g/mol. The first-order chi connectivity index (χ1) is 9.07. The number of hydrogen-bond donors (Lipinski definition) is 1. The van der Waals surface area contributed by atoms with Gasteiger partial charge in [0.1, 0.15) is 13.2 Å². The van der Waals surface area contributed by atoms with Crippen LogP contribution < -0.4 is 4.90 Å². The molecule has 0 heterocycles. The maximum absolute atomic E-state index is 12.6. The van der Waals surface area contributed by atoms with Crippen molar-refractivity contribution >= 4 is 5.97 Å². The van der Waals surface area contributed by atoms with Crippen LogP contribution in [0.15, 0.2) is 0 Å². The molecule has 4 atom stereocenters. The second kappa shape index (κ2) is 5.08. The Bertz CT molecular complexity index is 337. The predicted octanol–water partition coefficient (Wildman–Crippen LogP) is 1.28. The molecule has 3 heteroatoms. The number of ether oxygens (including phenoxy) is 1. The lowest BCUT2D eigenvalue weighted by Crippen LogP contribution is -3.06. The second-order valence-electron chi connectivity index (χ2n) is 7.63. The van der Waals surface area contributed by atoms with Crippen molar-refractivity contribution in [2.24, 2.45) is 23.2 Å². The first kappa shape index (κ1) is 13.4. The van der Waals surface area contributed by atoms with Gasteiger partial charge in [0.25, 0.3) is 0 Å². The summed E-state index contributed by atoms with van der Waals surface area (Å²) in [4.78, 5) is 13.9. The average Bonchev–Trinajstić information content (AvgIpc) is 2.55. The van der Waals surface area contributed by atoms with Crippen molar-refractivity contribution in [3.63, 3.8) is 0 Å². The lowest BCUT2D eigenvalue weighted by Gasteiger charge is -2.46. The lowest BCUT2D eigenvalue weighted by atomic mass is 9.58. The first-order valence-electron chi connectivity index (χ1n) is 8.04. The zero-order valence-electron chi connectivity index (χ0n) is 12.4. The van der Waals surface area contributed by atoms with Crippen molar-refractivity contribution in [1.29, 1.82) is 0 Å². The van der Waals surface area contributed by atoms with Crippen LogP contribution in [0, 0.1) is 23.2 Å². The number of quaternary nitrogens is 1. The number of esters is 1. The summed E-state index contributed by atoms with van der Waals surface area (Å²) >= 11 is 0. The zero-order valence-corrected chi connectivity index (χ0v) is 12.4. The van der Waals surface area contributed by atoms with Crippen molar-refractivity contribution < 1.29 is 14.4 Å². The third-order valence-electron chi connectivity index (χ3n) is 5.62. The zero-order chi connectivity index (χ0) is 13.5. The van der Waals surface area contributed by atoms with Gasteiger partial charge in [0, 0.05) is 0 Å². The highest BCUT2D eigenvalue weighted by atomic mass is 16.5. The Morgan fingerprint density at radius 1 is 1.11 bits per heavy atom. The maximum Gasteiger partial charge on any atom is 0.312 e. The van der Waals surface area contributed by atoms with E-state index < -0.39 is 0 Å². The number of fused-ring (bicyclic) bond motifs is 1. The molecule has 0 aromatic carbocycles. The minimum Gasteiger partial charge on any atom is -0.459 e. The molecular weight excluding hydrogens is 238 g/mol. The number of carbonyl (C=O) groups excluding carboxylic acids is 1. The van der Waals surface area contributed by atoms with Crippen molar-refractivity contribution in [2.45, 2.75) is 44.9 Å². The van der Waals surface area contributed by atoms with Gasteiger partial charge in [-0.05, 0) is 49.9 Å². The molecule has 4 aliphatic carbocycles. The molecule has 4 saturated carbocycles. The SMILES string of the molecule is C[NH+](C)CCOC(=O)C12CC3C[C@@H](CC[C@@H](C3)C1)C2. The fourth-order valence-electron chi connectivity index (χ4n) is 4.94. The van der Waals surface area contributed by atoms with E-state index in [2.05, 4.69) is 14.1 Å². The molecule has 0 saturated heterocycles. The van der Waals surface area contributed by atoms with E-state index in [-0.39, 0.29) is 11.4 Å². The molecule has 4 rings (SSSR count). The summed E-state index contributed by atoms with van der Waals surface area (Å²) in [5, 5.41) is 0. The third kappa shape index (κ3) is 2.67. The minimum atomic E-state index is -0.0886. The highest BCUT2D eigenvalue weighted by molar-refractivity contribution is 5.77. The fourth-order valence-corrected chi connectivity index (χ4v) is 4.94. The van der Waals surface area contributed by atoms with E-state index >= 15 is 0 Å². The van der Waals surface area contributed by atoms with Gasteiger partial charge < -0.3 is 9.64 Å². The van der Waals surface area contributed by atoms with Gasteiger partial charge in [0.15, 0.2) is 0 Å². The highest BCUT2D eigenvalue weighted by Gasteiger charge is 2.53. The Morgan fingerprint density at radius 3 is 2.26 bits per heavy atom. The van der Waals surface area contributed by atoms with Crippen LogP contribution in [0.5, 0.6) is 0 Å². The fraction of sp³-hybridized carbons (Fsp3) is 0.938. The minimum absolute atomic E-state index is 0.0886. The summed E-state index contributed by atoms with van der Waals surface area (Å²) in [6.07, 6.45) is 8.84. The van der Waals surface area contributed by atoms with E-state index in [0.29, 0.717) is 6.61 Å². The third-order valence-corrected chi connectivity index (χ3v) is 5.62. The van der Waals surface area contributed by atoms with Crippen LogP contribution in [0.1, 0.15) is 44.9 Å². The van der Waals surface area contributed by atoms with E-state index in [1.165, 1.54) is 30.6 Å². The van der Waals surface area contributed by atoms with E-state index in [4.69, 9.17) is 4.74 Å². The van der Waals surface area contributed by atoms with Gasteiger partial charge in [0.05, 0.1) is 19.5 Å². The van der Waals surface area contributed by atoms with Gasteiger partial charge in [-0.25, -0.2) is 0 Å². The quantitative estimate of drug-likeness (QED) is 0.777. The Balaban J connectivity index is 1.67. The van der Waals surface area contributed by atoms with Crippen molar-refractivity contribution in [2.75, 3.05) is 27.2 Å². The van der Waals surface area contributed by atoms with Crippen LogP contribution in [-0.2, 0) is 9.53 Å². The summed E-state index contributed by atoms with van der Waals surface area (Å²) in [7, 11) is 4.20. The number of likely N-dealkylation sites (N-methyl/N-ethyl adjacent to an activating group) is 1. The molecule has 0 aliphatic heterocycles. The Kier molecular flexibility index (Phi) is 3.59. The predicted molar refractivity (Wildman–Crippen MR) is 73.9 cm³/mol. The van der Waals surface area contributed by atoms with E-state index in [0.717, 1.165) is 43.6 Å². The smallest absolute Gasteiger partial charge is 0.312 e. The van der Waals surface area contributed by atoms with E-state index in [1.807, 2.05) is 0 Å². The molecule has 108 valence electrons. The number of carbonyl (C=O) groups is 1. The molecule has 0 aromatic rings. The molecule has 19 heavy (non-hydrogen) atoms. The summed E-state index contributed by atoms with van der Waals surface area (Å²) in [6, 6.07) is 0. The molecule has 4 fully saturated rings. The molecule has 2 unspecified atom stereocenters. The molecule has 0 radical (unpaired) electrons. The molecule has 0 amide bonds. The summed E-state index contributed by atoms with van der Waals surface area (Å²) < 4.78 is 5.63. The maximum atomic E-state index is 12.6. The van der Waals surface area contributed by atoms with Crippen LogP contribution in [0.4, 0.5) is 0 Å². The van der Waals surface area contributed by atoms with Gasteiger partial charge in [-0.2, -0.15) is 0 Å². The highest BCUT2D eigenvalue weighted by Crippen LogP contribution is 2.58. The van der Waals surface area contributed by atoms with Crippen molar-refractivity contribution in [1.82, 2.24) is 0 Å². The van der Waals surface area contributed by atoms with Crippen molar-refractivity contribution in [3.8, 4) is 0 Å². The summed E-state index contributed by atoms with van der Waals surface area (Å²) in [5.74, 6) is 2.55. The largest absolute Gasteiger partial charge is 0.459 e. The van der Waals surface area contributed by atoms with E-state index in [9.17, 15) is 4.79 Å². The van der Waals surface area contributed by atoms with Crippen LogP contribution >= 0.6 is 0 Å². The molecule has 0 aromatic heterocycles. The number of rotatable bonds is 4. The molecule has 3 nitrogen and oxygen atoms in total.